The first kappa shape index (κ1) is 39.0. The molecule has 12 heteroatoms. The van der Waals surface area contributed by atoms with Crippen LogP contribution in [0.5, 0.6) is 0 Å². The number of ether oxygens (including phenoxy) is 2. The van der Waals surface area contributed by atoms with E-state index < -0.39 is 6.10 Å². The highest BCUT2D eigenvalue weighted by Gasteiger charge is 2.25. The highest BCUT2D eigenvalue weighted by molar-refractivity contribution is 5.68. The van der Waals surface area contributed by atoms with Crippen molar-refractivity contribution < 1.29 is 19.1 Å². The maximum absolute atomic E-state index is 13.1. The van der Waals surface area contributed by atoms with E-state index in [9.17, 15) is 9.59 Å². The summed E-state index contributed by atoms with van der Waals surface area (Å²) >= 11 is 0. The zero-order valence-electron chi connectivity index (χ0n) is 26.0. The summed E-state index contributed by atoms with van der Waals surface area (Å²) in [5.41, 5.74) is 22.4. The standard InChI is InChI=1S/C29H62N8O4/c1-3-12-27(41-29(39)37(24-11-16-33)22-7-5-18-35-20-9-14-31)26(2)25-40-28(38)36(23-10-15-32)21-6-4-17-34-19-8-13-30/h3,12,26-27,34-35H,4-11,13-25,30-33H2,1-2H3/b12-3+/t26-,27+/m0/s1. The number of unbranched alkanes of at least 4 members (excludes halogenated alkanes) is 2. The molecule has 0 bridgehead atoms. The van der Waals surface area contributed by atoms with Gasteiger partial charge in [0.25, 0.3) is 0 Å². The lowest BCUT2D eigenvalue weighted by Crippen LogP contribution is -2.39. The normalized spacial score (nSPS) is 12.8. The molecular weight excluding hydrogens is 524 g/mol. The van der Waals surface area contributed by atoms with Gasteiger partial charge in [-0.2, -0.15) is 0 Å². The van der Waals surface area contributed by atoms with Crippen LogP contribution in [0, 0.1) is 5.92 Å². The summed E-state index contributed by atoms with van der Waals surface area (Å²) in [6.07, 6.45) is 9.38. The third kappa shape index (κ3) is 21.4. The van der Waals surface area contributed by atoms with Crippen molar-refractivity contribution in [3.05, 3.63) is 12.2 Å². The molecule has 0 saturated carbocycles. The van der Waals surface area contributed by atoms with Crippen LogP contribution in [0.15, 0.2) is 12.2 Å². The number of nitrogens with zero attached hydrogens (tertiary/aromatic N) is 2. The lowest BCUT2D eigenvalue weighted by Gasteiger charge is -2.28. The molecule has 0 radical (unpaired) electrons. The van der Waals surface area contributed by atoms with E-state index in [1.165, 1.54) is 0 Å². The lowest BCUT2D eigenvalue weighted by molar-refractivity contribution is 0.0322. The summed E-state index contributed by atoms with van der Waals surface area (Å²) in [6, 6.07) is 0. The van der Waals surface area contributed by atoms with E-state index in [0.29, 0.717) is 65.2 Å². The Hall–Kier alpha value is -1.96. The summed E-state index contributed by atoms with van der Waals surface area (Å²) in [7, 11) is 0. The Morgan fingerprint density at radius 3 is 1.59 bits per heavy atom. The number of hydrogen-bond acceptors (Lipinski definition) is 10. The van der Waals surface area contributed by atoms with Crippen molar-refractivity contribution in [3.8, 4) is 0 Å². The number of carbonyl (C=O) groups excluding carboxylic acids is 2. The van der Waals surface area contributed by atoms with E-state index in [1.807, 2.05) is 26.0 Å². The van der Waals surface area contributed by atoms with Crippen molar-refractivity contribution >= 4 is 12.2 Å². The van der Waals surface area contributed by atoms with Crippen LogP contribution in [0.4, 0.5) is 9.59 Å². The summed E-state index contributed by atoms with van der Waals surface area (Å²) in [5.74, 6) is -0.217. The van der Waals surface area contributed by atoms with Gasteiger partial charge in [-0.15, -0.1) is 0 Å². The molecule has 0 rings (SSSR count). The van der Waals surface area contributed by atoms with Gasteiger partial charge in [0.15, 0.2) is 0 Å². The molecule has 10 N–H and O–H groups in total. The molecule has 41 heavy (non-hydrogen) atoms. The van der Waals surface area contributed by atoms with Crippen molar-refractivity contribution in [2.24, 2.45) is 28.9 Å². The van der Waals surface area contributed by atoms with Crippen LogP contribution >= 0.6 is 0 Å². The molecule has 0 aromatic heterocycles. The quantitative estimate of drug-likeness (QED) is 0.0609. The molecule has 0 aliphatic heterocycles. The third-order valence-electron chi connectivity index (χ3n) is 6.61. The minimum absolute atomic E-state index is 0.137. The minimum Gasteiger partial charge on any atom is -0.449 e. The van der Waals surface area contributed by atoms with Gasteiger partial charge in [-0.25, -0.2) is 9.59 Å². The van der Waals surface area contributed by atoms with Crippen LogP contribution in [-0.4, -0.2) is 113 Å². The molecular formula is C29H62N8O4. The van der Waals surface area contributed by atoms with Gasteiger partial charge in [0.2, 0.25) is 0 Å². The van der Waals surface area contributed by atoms with Crippen molar-refractivity contribution in [1.29, 1.82) is 0 Å². The molecule has 0 aromatic carbocycles. The fraction of sp³-hybridized carbons (Fsp3) is 0.862. The molecule has 0 unspecified atom stereocenters. The van der Waals surface area contributed by atoms with Crippen molar-refractivity contribution in [3.63, 3.8) is 0 Å². The highest BCUT2D eigenvalue weighted by atomic mass is 16.6. The molecule has 242 valence electrons. The second kappa shape index (κ2) is 28.2. The Morgan fingerprint density at radius 2 is 1.12 bits per heavy atom. The second-order valence-corrected chi connectivity index (χ2v) is 10.4. The molecule has 12 nitrogen and oxygen atoms in total. The van der Waals surface area contributed by atoms with Crippen LogP contribution < -0.4 is 33.6 Å². The number of allylic oxidation sites excluding steroid dienone is 1. The van der Waals surface area contributed by atoms with Gasteiger partial charge in [-0.05, 0) is 117 Å². The number of nitrogens with one attached hydrogen (secondary N) is 2. The third-order valence-corrected chi connectivity index (χ3v) is 6.61. The second-order valence-electron chi connectivity index (χ2n) is 10.4. The smallest absolute Gasteiger partial charge is 0.410 e. The molecule has 0 fully saturated rings. The van der Waals surface area contributed by atoms with Gasteiger partial charge in [-0.3, -0.25) is 0 Å². The largest absolute Gasteiger partial charge is 0.449 e. The van der Waals surface area contributed by atoms with Crippen molar-refractivity contribution in [2.75, 3.05) is 85.1 Å². The van der Waals surface area contributed by atoms with Gasteiger partial charge in [0, 0.05) is 32.1 Å². The van der Waals surface area contributed by atoms with Crippen LogP contribution in [0.1, 0.15) is 65.2 Å². The number of rotatable bonds is 27. The topological polar surface area (TPSA) is 187 Å². The molecule has 0 aliphatic rings. The van der Waals surface area contributed by atoms with Crippen LogP contribution in [0.25, 0.3) is 0 Å². The molecule has 2 atom stereocenters. The van der Waals surface area contributed by atoms with E-state index in [0.717, 1.165) is 64.7 Å². The number of hydrogen-bond donors (Lipinski definition) is 6. The number of amides is 2. The summed E-state index contributed by atoms with van der Waals surface area (Å²) in [4.78, 5) is 29.4. The number of nitrogens with two attached hydrogens (primary N) is 4. The maximum Gasteiger partial charge on any atom is 0.410 e. The Morgan fingerprint density at radius 1 is 0.683 bits per heavy atom. The summed E-state index contributed by atoms with van der Waals surface area (Å²) < 4.78 is 11.6. The fourth-order valence-electron chi connectivity index (χ4n) is 4.08. The molecule has 0 saturated heterocycles. The van der Waals surface area contributed by atoms with Gasteiger partial charge in [-0.1, -0.05) is 13.0 Å². The fourth-order valence-corrected chi connectivity index (χ4v) is 4.08. The van der Waals surface area contributed by atoms with Crippen LogP contribution in [0.3, 0.4) is 0 Å². The average molecular weight is 587 g/mol. The Kier molecular flexibility index (Phi) is 26.8. The van der Waals surface area contributed by atoms with E-state index in [1.54, 1.807) is 9.80 Å². The van der Waals surface area contributed by atoms with E-state index >= 15 is 0 Å². The van der Waals surface area contributed by atoms with Gasteiger partial charge >= 0.3 is 12.2 Å². The van der Waals surface area contributed by atoms with E-state index in [4.69, 9.17) is 32.4 Å². The molecule has 0 heterocycles. The van der Waals surface area contributed by atoms with E-state index in [-0.39, 0.29) is 24.7 Å². The first-order chi connectivity index (χ1) is 19.9. The minimum atomic E-state index is -0.518. The summed E-state index contributed by atoms with van der Waals surface area (Å²) in [6.45, 7) is 12.2. The SMILES string of the molecule is C/C=C/[C@@H](OC(=O)N(CCCN)CCCCNCCCN)[C@@H](C)COC(=O)N(CCCN)CCCCNCCCN. The Bertz CT molecular complexity index is 656. The first-order valence-electron chi connectivity index (χ1n) is 15.7. The van der Waals surface area contributed by atoms with Gasteiger partial charge < -0.3 is 52.8 Å². The van der Waals surface area contributed by atoms with Crippen LogP contribution in [0.2, 0.25) is 0 Å². The predicted molar refractivity (Wildman–Crippen MR) is 168 cm³/mol. The molecule has 2 amide bonds. The zero-order valence-corrected chi connectivity index (χ0v) is 26.0. The Labute approximate surface area is 249 Å². The van der Waals surface area contributed by atoms with Gasteiger partial charge in [0.1, 0.15) is 6.10 Å². The predicted octanol–water partition coefficient (Wildman–Crippen LogP) is 1.58. The molecule has 0 aliphatic carbocycles. The number of carbonyl (C=O) groups is 2. The average Bonchev–Trinajstić information content (AvgIpc) is 2.97. The highest BCUT2D eigenvalue weighted by Crippen LogP contribution is 2.14. The lowest BCUT2D eigenvalue weighted by atomic mass is 10.1. The van der Waals surface area contributed by atoms with Gasteiger partial charge in [0.05, 0.1) is 6.61 Å². The van der Waals surface area contributed by atoms with Crippen LogP contribution in [-0.2, 0) is 9.47 Å². The maximum atomic E-state index is 13.1. The monoisotopic (exact) mass is 586 g/mol. The first-order valence-corrected chi connectivity index (χ1v) is 15.7. The van der Waals surface area contributed by atoms with Crippen molar-refractivity contribution in [2.45, 2.75) is 71.3 Å². The Balaban J connectivity index is 4.84. The molecule has 0 aromatic rings. The summed E-state index contributed by atoms with van der Waals surface area (Å²) in [5, 5.41) is 6.72. The molecule has 0 spiro atoms. The zero-order chi connectivity index (χ0) is 30.6. The van der Waals surface area contributed by atoms with Crippen molar-refractivity contribution in [1.82, 2.24) is 20.4 Å². The van der Waals surface area contributed by atoms with E-state index in [2.05, 4.69) is 10.6 Å².